The monoisotopic (exact) mass is 279 g/mol. The summed E-state index contributed by atoms with van der Waals surface area (Å²) in [5, 5.41) is 0. The van der Waals surface area contributed by atoms with E-state index >= 15 is 0 Å². The molecule has 0 spiro atoms. The van der Waals surface area contributed by atoms with Crippen molar-refractivity contribution >= 4 is 22.6 Å². The molecule has 1 N–H and O–H groups in total. The fraction of sp³-hybridized carbons (Fsp3) is 0.176. The molecular formula is C17H17N3O. The average molecular weight is 279 g/mol. The molecule has 0 aliphatic rings. The number of rotatable bonds is 3. The van der Waals surface area contributed by atoms with Crippen LogP contribution in [-0.2, 0) is 0 Å². The number of benzene rings is 2. The predicted octanol–water partition coefficient (Wildman–Crippen LogP) is 3.54. The molecule has 21 heavy (non-hydrogen) atoms. The lowest BCUT2D eigenvalue weighted by Gasteiger charge is -2.21. The van der Waals surface area contributed by atoms with E-state index in [4.69, 9.17) is 0 Å². The summed E-state index contributed by atoms with van der Waals surface area (Å²) in [6, 6.07) is 13.5. The summed E-state index contributed by atoms with van der Waals surface area (Å²) >= 11 is 0. The number of carbonyl (C=O) groups excluding carboxylic acids is 1. The maximum absolute atomic E-state index is 12.7. The van der Waals surface area contributed by atoms with Crippen molar-refractivity contribution in [2.75, 3.05) is 11.4 Å². The molecule has 1 amide bonds. The van der Waals surface area contributed by atoms with Gasteiger partial charge in [-0.2, -0.15) is 0 Å². The molecule has 0 aliphatic carbocycles. The van der Waals surface area contributed by atoms with Crippen LogP contribution in [0, 0.1) is 6.92 Å². The van der Waals surface area contributed by atoms with Gasteiger partial charge in [-0.05, 0) is 44.2 Å². The second-order valence-electron chi connectivity index (χ2n) is 5.02. The molecule has 0 aliphatic heterocycles. The van der Waals surface area contributed by atoms with Gasteiger partial charge in [-0.1, -0.05) is 17.7 Å². The number of hydrogen-bond donors (Lipinski definition) is 1. The van der Waals surface area contributed by atoms with E-state index in [0.29, 0.717) is 12.1 Å². The Morgan fingerprint density at radius 2 is 1.95 bits per heavy atom. The van der Waals surface area contributed by atoms with Crippen molar-refractivity contribution in [3.05, 3.63) is 59.9 Å². The van der Waals surface area contributed by atoms with Crippen molar-refractivity contribution in [3.63, 3.8) is 0 Å². The fourth-order valence-electron chi connectivity index (χ4n) is 2.39. The summed E-state index contributed by atoms with van der Waals surface area (Å²) in [6.07, 6.45) is 1.64. The molecule has 4 nitrogen and oxygen atoms in total. The minimum atomic E-state index is -0.00199. The molecular weight excluding hydrogens is 262 g/mol. The zero-order valence-electron chi connectivity index (χ0n) is 12.1. The van der Waals surface area contributed by atoms with Crippen molar-refractivity contribution in [2.24, 2.45) is 0 Å². The van der Waals surface area contributed by atoms with Gasteiger partial charge in [-0.25, -0.2) is 4.98 Å². The third kappa shape index (κ3) is 2.52. The molecule has 2 aromatic carbocycles. The highest BCUT2D eigenvalue weighted by atomic mass is 16.2. The Balaban J connectivity index is 1.95. The zero-order chi connectivity index (χ0) is 14.8. The number of nitrogens with zero attached hydrogens (tertiary/aromatic N) is 2. The molecule has 0 atom stereocenters. The average Bonchev–Trinajstić information content (AvgIpc) is 2.97. The van der Waals surface area contributed by atoms with Crippen LogP contribution in [0.5, 0.6) is 0 Å². The summed E-state index contributed by atoms with van der Waals surface area (Å²) < 4.78 is 0. The first kappa shape index (κ1) is 13.4. The quantitative estimate of drug-likeness (QED) is 0.797. The van der Waals surface area contributed by atoms with Gasteiger partial charge in [0, 0.05) is 17.8 Å². The maximum atomic E-state index is 12.7. The lowest BCUT2D eigenvalue weighted by Crippen LogP contribution is -2.30. The van der Waals surface area contributed by atoms with Gasteiger partial charge in [0.05, 0.1) is 17.4 Å². The number of hydrogen-bond acceptors (Lipinski definition) is 2. The number of nitrogens with one attached hydrogen (secondary N) is 1. The first-order chi connectivity index (χ1) is 10.2. The Labute approximate surface area is 123 Å². The molecule has 4 heteroatoms. The molecule has 3 rings (SSSR count). The minimum absolute atomic E-state index is 0.00199. The third-order valence-corrected chi connectivity index (χ3v) is 3.57. The SMILES string of the molecule is CCN(C(=O)c1ccc2nc[nH]c2c1)c1ccc(C)cc1. The topological polar surface area (TPSA) is 49.0 Å². The summed E-state index contributed by atoms with van der Waals surface area (Å²) in [6.45, 7) is 4.64. The number of fused-ring (bicyclic) bond motifs is 1. The second-order valence-corrected chi connectivity index (χ2v) is 5.02. The number of anilines is 1. The predicted molar refractivity (Wildman–Crippen MR) is 84.6 cm³/mol. The first-order valence-electron chi connectivity index (χ1n) is 7.00. The molecule has 106 valence electrons. The number of aromatic nitrogens is 2. The maximum Gasteiger partial charge on any atom is 0.258 e. The Morgan fingerprint density at radius 3 is 2.67 bits per heavy atom. The number of carbonyl (C=O) groups is 1. The van der Waals surface area contributed by atoms with Gasteiger partial charge < -0.3 is 9.88 Å². The summed E-state index contributed by atoms with van der Waals surface area (Å²) in [4.78, 5) is 21.7. The summed E-state index contributed by atoms with van der Waals surface area (Å²) in [5.74, 6) is -0.00199. The van der Waals surface area contributed by atoms with E-state index in [0.717, 1.165) is 16.7 Å². The van der Waals surface area contributed by atoms with E-state index < -0.39 is 0 Å². The van der Waals surface area contributed by atoms with Gasteiger partial charge in [0.25, 0.3) is 5.91 Å². The molecule has 0 saturated carbocycles. The van der Waals surface area contributed by atoms with Crippen LogP contribution in [0.4, 0.5) is 5.69 Å². The van der Waals surface area contributed by atoms with Crippen molar-refractivity contribution in [1.82, 2.24) is 9.97 Å². The Kier molecular flexibility index (Phi) is 3.44. The van der Waals surface area contributed by atoms with Crippen LogP contribution in [0.2, 0.25) is 0 Å². The molecule has 3 aromatic rings. The highest BCUT2D eigenvalue weighted by molar-refractivity contribution is 6.07. The van der Waals surface area contributed by atoms with Crippen LogP contribution in [0.25, 0.3) is 11.0 Å². The normalized spacial score (nSPS) is 10.8. The number of aryl methyl sites for hydroxylation is 1. The number of amides is 1. The number of imidazole rings is 1. The van der Waals surface area contributed by atoms with Crippen LogP contribution in [-0.4, -0.2) is 22.4 Å². The van der Waals surface area contributed by atoms with Crippen molar-refractivity contribution < 1.29 is 4.79 Å². The van der Waals surface area contributed by atoms with Crippen molar-refractivity contribution in [1.29, 1.82) is 0 Å². The van der Waals surface area contributed by atoms with Crippen LogP contribution >= 0.6 is 0 Å². The van der Waals surface area contributed by atoms with Crippen molar-refractivity contribution in [2.45, 2.75) is 13.8 Å². The second kappa shape index (κ2) is 5.40. The standard InChI is InChI=1S/C17H17N3O/c1-3-20(14-7-4-12(2)5-8-14)17(21)13-6-9-15-16(10-13)19-11-18-15/h4-11H,3H2,1-2H3,(H,18,19). The molecule has 0 radical (unpaired) electrons. The molecule has 0 saturated heterocycles. The summed E-state index contributed by atoms with van der Waals surface area (Å²) in [7, 11) is 0. The van der Waals surface area contributed by atoms with Crippen LogP contribution in [0.15, 0.2) is 48.8 Å². The molecule has 1 heterocycles. The Bertz CT molecular complexity index is 774. The van der Waals surface area contributed by atoms with Gasteiger partial charge in [0.2, 0.25) is 0 Å². The van der Waals surface area contributed by atoms with Crippen LogP contribution < -0.4 is 4.90 Å². The lowest BCUT2D eigenvalue weighted by molar-refractivity contribution is 0.0988. The van der Waals surface area contributed by atoms with Crippen molar-refractivity contribution in [3.8, 4) is 0 Å². The van der Waals surface area contributed by atoms with Gasteiger partial charge in [0.1, 0.15) is 0 Å². The van der Waals surface area contributed by atoms with E-state index in [1.54, 1.807) is 11.2 Å². The smallest absolute Gasteiger partial charge is 0.258 e. The lowest BCUT2D eigenvalue weighted by atomic mass is 10.1. The van der Waals surface area contributed by atoms with Crippen LogP contribution in [0.3, 0.4) is 0 Å². The molecule has 1 aromatic heterocycles. The van der Waals surface area contributed by atoms with Gasteiger partial charge in [-0.15, -0.1) is 0 Å². The fourth-order valence-corrected chi connectivity index (χ4v) is 2.39. The Hall–Kier alpha value is -2.62. The molecule has 0 bridgehead atoms. The Morgan fingerprint density at radius 1 is 1.19 bits per heavy atom. The minimum Gasteiger partial charge on any atom is -0.345 e. The first-order valence-corrected chi connectivity index (χ1v) is 7.00. The van der Waals surface area contributed by atoms with E-state index in [9.17, 15) is 4.79 Å². The zero-order valence-corrected chi connectivity index (χ0v) is 12.1. The van der Waals surface area contributed by atoms with E-state index in [-0.39, 0.29) is 5.91 Å². The van der Waals surface area contributed by atoms with E-state index in [1.807, 2.05) is 56.3 Å². The summed E-state index contributed by atoms with van der Waals surface area (Å²) in [5.41, 5.74) is 4.50. The number of aromatic amines is 1. The third-order valence-electron chi connectivity index (χ3n) is 3.57. The number of H-pyrrole nitrogens is 1. The largest absolute Gasteiger partial charge is 0.345 e. The van der Waals surface area contributed by atoms with E-state index in [1.165, 1.54) is 5.56 Å². The molecule has 0 unspecified atom stereocenters. The van der Waals surface area contributed by atoms with Gasteiger partial charge >= 0.3 is 0 Å². The highest BCUT2D eigenvalue weighted by Crippen LogP contribution is 2.19. The van der Waals surface area contributed by atoms with Crippen LogP contribution in [0.1, 0.15) is 22.8 Å². The van der Waals surface area contributed by atoms with Gasteiger partial charge in [0.15, 0.2) is 0 Å². The van der Waals surface area contributed by atoms with Gasteiger partial charge in [-0.3, -0.25) is 4.79 Å². The van der Waals surface area contributed by atoms with E-state index in [2.05, 4.69) is 9.97 Å². The highest BCUT2D eigenvalue weighted by Gasteiger charge is 2.16. The molecule has 0 fully saturated rings.